The van der Waals surface area contributed by atoms with Gasteiger partial charge in [0.05, 0.1) is 12.6 Å². The minimum atomic E-state index is -0.269. The Morgan fingerprint density at radius 1 is 0.952 bits per heavy atom. The number of hydrogen-bond acceptors (Lipinski definition) is 3. The van der Waals surface area contributed by atoms with E-state index >= 15 is 0 Å². The molecule has 1 aromatic heterocycles. The van der Waals surface area contributed by atoms with E-state index in [2.05, 4.69) is 9.97 Å². The van der Waals surface area contributed by atoms with E-state index in [0.29, 0.717) is 5.82 Å². The molecular formula is C17H15FN2O. The Morgan fingerprint density at radius 3 is 2.33 bits per heavy atom. The van der Waals surface area contributed by atoms with E-state index in [1.54, 1.807) is 19.2 Å². The third-order valence-corrected chi connectivity index (χ3v) is 3.58. The summed E-state index contributed by atoms with van der Waals surface area (Å²) in [6.45, 7) is 3.92. The molecule has 0 saturated heterocycles. The largest absolute Gasteiger partial charge is 0.496 e. The summed E-state index contributed by atoms with van der Waals surface area (Å²) in [5.74, 6) is 1.12. The van der Waals surface area contributed by atoms with Crippen LogP contribution in [0.15, 0.2) is 36.4 Å². The SMILES string of the molecule is COc1ccc2c(C)nc(-c3ccc(F)cc3)nc2c1C. The Morgan fingerprint density at radius 2 is 1.67 bits per heavy atom. The summed E-state index contributed by atoms with van der Waals surface area (Å²) in [6, 6.07) is 10.1. The molecule has 0 bridgehead atoms. The van der Waals surface area contributed by atoms with Gasteiger partial charge in [-0.2, -0.15) is 0 Å². The van der Waals surface area contributed by atoms with Crippen LogP contribution in [0.5, 0.6) is 5.75 Å². The van der Waals surface area contributed by atoms with Gasteiger partial charge in [0.2, 0.25) is 0 Å². The van der Waals surface area contributed by atoms with Gasteiger partial charge in [-0.05, 0) is 50.2 Å². The lowest BCUT2D eigenvalue weighted by atomic mass is 10.1. The van der Waals surface area contributed by atoms with Crippen LogP contribution < -0.4 is 4.74 Å². The van der Waals surface area contributed by atoms with E-state index in [1.165, 1.54) is 12.1 Å². The van der Waals surface area contributed by atoms with Crippen LogP contribution in [0.2, 0.25) is 0 Å². The number of nitrogens with zero attached hydrogens (tertiary/aromatic N) is 2. The van der Waals surface area contributed by atoms with Crippen molar-refractivity contribution in [3.05, 3.63) is 53.5 Å². The molecule has 2 aromatic carbocycles. The molecule has 3 rings (SSSR count). The van der Waals surface area contributed by atoms with Crippen molar-refractivity contribution in [3.63, 3.8) is 0 Å². The third-order valence-electron chi connectivity index (χ3n) is 3.58. The van der Waals surface area contributed by atoms with Gasteiger partial charge in [-0.3, -0.25) is 0 Å². The van der Waals surface area contributed by atoms with Crippen molar-refractivity contribution in [2.24, 2.45) is 0 Å². The summed E-state index contributed by atoms with van der Waals surface area (Å²) in [5.41, 5.74) is 3.53. The fraction of sp³-hybridized carbons (Fsp3) is 0.176. The lowest BCUT2D eigenvalue weighted by molar-refractivity contribution is 0.412. The maximum atomic E-state index is 13.0. The quantitative estimate of drug-likeness (QED) is 0.711. The van der Waals surface area contributed by atoms with Crippen LogP contribution in [0, 0.1) is 19.7 Å². The normalized spacial score (nSPS) is 10.9. The maximum absolute atomic E-state index is 13.0. The highest BCUT2D eigenvalue weighted by Gasteiger charge is 2.11. The molecule has 0 atom stereocenters. The minimum Gasteiger partial charge on any atom is -0.496 e. The highest BCUT2D eigenvalue weighted by molar-refractivity contribution is 5.87. The van der Waals surface area contributed by atoms with Crippen LogP contribution in [-0.4, -0.2) is 17.1 Å². The zero-order chi connectivity index (χ0) is 15.0. The predicted molar refractivity (Wildman–Crippen MR) is 81.0 cm³/mol. The van der Waals surface area contributed by atoms with Gasteiger partial charge in [0.25, 0.3) is 0 Å². The lowest BCUT2D eigenvalue weighted by Crippen LogP contribution is -1.97. The Kier molecular flexibility index (Phi) is 3.29. The zero-order valence-electron chi connectivity index (χ0n) is 12.1. The number of halogens is 1. The number of aryl methyl sites for hydroxylation is 2. The van der Waals surface area contributed by atoms with Crippen molar-refractivity contribution in [2.75, 3.05) is 7.11 Å². The number of aromatic nitrogens is 2. The molecule has 0 saturated carbocycles. The van der Waals surface area contributed by atoms with Crippen molar-refractivity contribution >= 4 is 10.9 Å². The summed E-state index contributed by atoms with van der Waals surface area (Å²) in [6.07, 6.45) is 0. The van der Waals surface area contributed by atoms with Gasteiger partial charge in [0, 0.05) is 22.2 Å². The molecule has 0 amide bonds. The fourth-order valence-corrected chi connectivity index (χ4v) is 2.42. The number of benzene rings is 2. The first-order chi connectivity index (χ1) is 10.1. The lowest BCUT2D eigenvalue weighted by Gasteiger charge is -2.11. The van der Waals surface area contributed by atoms with Crippen molar-refractivity contribution < 1.29 is 9.13 Å². The van der Waals surface area contributed by atoms with Gasteiger partial charge >= 0.3 is 0 Å². The van der Waals surface area contributed by atoms with Gasteiger partial charge in [-0.25, -0.2) is 14.4 Å². The summed E-state index contributed by atoms with van der Waals surface area (Å²) >= 11 is 0. The fourth-order valence-electron chi connectivity index (χ4n) is 2.42. The Labute approximate surface area is 122 Å². The standard InChI is InChI=1S/C17H15FN2O/c1-10-15(21-3)9-8-14-11(2)19-17(20-16(10)14)12-4-6-13(18)7-5-12/h4-9H,1-3H3. The van der Waals surface area contributed by atoms with E-state index in [0.717, 1.165) is 33.5 Å². The summed E-state index contributed by atoms with van der Waals surface area (Å²) in [4.78, 5) is 9.15. The second-order valence-corrected chi connectivity index (χ2v) is 4.93. The maximum Gasteiger partial charge on any atom is 0.160 e. The number of fused-ring (bicyclic) bond motifs is 1. The molecule has 4 heteroatoms. The summed E-state index contributed by atoms with van der Waals surface area (Å²) in [5, 5.41) is 0.999. The third kappa shape index (κ3) is 2.33. The van der Waals surface area contributed by atoms with Crippen LogP contribution >= 0.6 is 0 Å². The van der Waals surface area contributed by atoms with Gasteiger partial charge in [0.15, 0.2) is 5.82 Å². The molecule has 0 aliphatic rings. The molecule has 0 spiro atoms. The topological polar surface area (TPSA) is 35.0 Å². The van der Waals surface area contributed by atoms with Gasteiger partial charge in [-0.1, -0.05) is 0 Å². The van der Waals surface area contributed by atoms with Crippen molar-refractivity contribution in [3.8, 4) is 17.1 Å². The van der Waals surface area contributed by atoms with Crippen LogP contribution in [0.3, 0.4) is 0 Å². The first kappa shape index (κ1) is 13.5. The van der Waals surface area contributed by atoms with Gasteiger partial charge in [-0.15, -0.1) is 0 Å². The van der Waals surface area contributed by atoms with Crippen molar-refractivity contribution in [1.82, 2.24) is 9.97 Å². The number of hydrogen-bond donors (Lipinski definition) is 0. The molecule has 1 heterocycles. The molecule has 0 aliphatic carbocycles. The van der Waals surface area contributed by atoms with Crippen LogP contribution in [0.25, 0.3) is 22.3 Å². The van der Waals surface area contributed by atoms with E-state index in [9.17, 15) is 4.39 Å². The van der Waals surface area contributed by atoms with Crippen LogP contribution in [0.4, 0.5) is 4.39 Å². The first-order valence-corrected chi connectivity index (χ1v) is 6.68. The van der Waals surface area contributed by atoms with Crippen LogP contribution in [-0.2, 0) is 0 Å². The number of methoxy groups -OCH3 is 1. The molecule has 21 heavy (non-hydrogen) atoms. The predicted octanol–water partition coefficient (Wildman–Crippen LogP) is 4.06. The second kappa shape index (κ2) is 5.13. The Balaban J connectivity index is 2.26. The minimum absolute atomic E-state index is 0.269. The Hall–Kier alpha value is -2.49. The highest BCUT2D eigenvalue weighted by atomic mass is 19.1. The average Bonchev–Trinajstić information content (AvgIpc) is 2.49. The molecule has 3 nitrogen and oxygen atoms in total. The highest BCUT2D eigenvalue weighted by Crippen LogP contribution is 2.29. The molecule has 0 fully saturated rings. The number of ether oxygens (including phenoxy) is 1. The number of rotatable bonds is 2. The second-order valence-electron chi connectivity index (χ2n) is 4.93. The zero-order valence-corrected chi connectivity index (χ0v) is 12.1. The van der Waals surface area contributed by atoms with Crippen molar-refractivity contribution in [1.29, 1.82) is 0 Å². The van der Waals surface area contributed by atoms with E-state index in [-0.39, 0.29) is 5.82 Å². The average molecular weight is 282 g/mol. The van der Waals surface area contributed by atoms with Gasteiger partial charge in [0.1, 0.15) is 11.6 Å². The van der Waals surface area contributed by atoms with Crippen molar-refractivity contribution in [2.45, 2.75) is 13.8 Å². The smallest absolute Gasteiger partial charge is 0.160 e. The molecule has 0 aliphatic heterocycles. The molecule has 3 aromatic rings. The summed E-state index contributed by atoms with van der Waals surface area (Å²) in [7, 11) is 1.64. The van der Waals surface area contributed by atoms with E-state index in [4.69, 9.17) is 4.74 Å². The van der Waals surface area contributed by atoms with Crippen LogP contribution in [0.1, 0.15) is 11.3 Å². The van der Waals surface area contributed by atoms with E-state index in [1.807, 2.05) is 26.0 Å². The monoisotopic (exact) mass is 282 g/mol. The molecule has 0 N–H and O–H groups in total. The molecule has 106 valence electrons. The van der Waals surface area contributed by atoms with E-state index < -0.39 is 0 Å². The molecular weight excluding hydrogens is 267 g/mol. The first-order valence-electron chi connectivity index (χ1n) is 6.68. The Bertz CT molecular complexity index is 813. The molecule has 0 radical (unpaired) electrons. The molecule has 0 unspecified atom stereocenters. The summed E-state index contributed by atoms with van der Waals surface area (Å²) < 4.78 is 18.4. The van der Waals surface area contributed by atoms with Gasteiger partial charge < -0.3 is 4.74 Å².